The second kappa shape index (κ2) is 9.07. The fraction of sp³-hybridized carbons (Fsp3) is 0.250. The molecule has 1 N–H and O–H groups in total. The van der Waals surface area contributed by atoms with E-state index in [0.717, 1.165) is 34.6 Å². The number of anilines is 2. The third-order valence-electron chi connectivity index (χ3n) is 5.72. The van der Waals surface area contributed by atoms with Crippen LogP contribution in [0.2, 0.25) is 0 Å². The van der Waals surface area contributed by atoms with Crippen LogP contribution in [0.5, 0.6) is 0 Å². The lowest BCUT2D eigenvalue weighted by atomic mass is 10.1. The monoisotopic (exact) mass is 475 g/mol. The average molecular weight is 476 g/mol. The minimum Gasteiger partial charge on any atom is -0.364 e. The van der Waals surface area contributed by atoms with E-state index in [-0.39, 0.29) is 4.90 Å². The summed E-state index contributed by atoms with van der Waals surface area (Å²) in [5, 5.41) is 0. The topological polar surface area (TPSA) is 52.7 Å². The lowest BCUT2D eigenvalue weighted by Gasteiger charge is -2.39. The number of nitrogens with zero attached hydrogens (tertiary/aromatic N) is 2. The first-order chi connectivity index (χ1) is 15.7. The van der Waals surface area contributed by atoms with Gasteiger partial charge in [0.1, 0.15) is 0 Å². The summed E-state index contributed by atoms with van der Waals surface area (Å²) >= 11 is 0. The Kier molecular flexibility index (Phi) is 6.36. The van der Waals surface area contributed by atoms with Crippen molar-refractivity contribution in [2.75, 3.05) is 29.9 Å². The average Bonchev–Trinajstić information content (AvgIpc) is 2.81. The smallest absolute Gasteiger partial charge is 0.364 e. The van der Waals surface area contributed by atoms with Crippen LogP contribution in [0, 0.1) is 0 Å². The first-order valence-corrected chi connectivity index (χ1v) is 11.9. The van der Waals surface area contributed by atoms with Gasteiger partial charge in [0.15, 0.2) is 0 Å². The molecule has 0 aliphatic carbocycles. The molecule has 174 valence electrons. The number of hydrogen-bond donors (Lipinski definition) is 1. The number of sulfonamides is 1. The predicted octanol–water partition coefficient (Wildman–Crippen LogP) is 4.64. The number of benzene rings is 3. The van der Waals surface area contributed by atoms with Gasteiger partial charge < -0.3 is 9.80 Å². The fourth-order valence-corrected chi connectivity index (χ4v) is 4.69. The Bertz CT molecular complexity index is 1210. The number of alkyl halides is 3. The SMILES string of the molecule is CNS(=O)(=O)c1ccc2c(c1)N(Cc1ccccc1)CCN2Cc1ccc(C(F)(F)F)cc1. The van der Waals surface area contributed by atoms with Crippen molar-refractivity contribution >= 4 is 21.4 Å². The number of fused-ring (bicyclic) bond motifs is 1. The van der Waals surface area contributed by atoms with Gasteiger partial charge in [0.25, 0.3) is 0 Å². The molecule has 5 nitrogen and oxygen atoms in total. The van der Waals surface area contributed by atoms with Gasteiger partial charge in [-0.25, -0.2) is 13.1 Å². The number of rotatable bonds is 6. The number of hydrogen-bond acceptors (Lipinski definition) is 4. The zero-order chi connectivity index (χ0) is 23.6. The van der Waals surface area contributed by atoms with Crippen LogP contribution in [-0.4, -0.2) is 28.6 Å². The first-order valence-electron chi connectivity index (χ1n) is 10.4. The maximum absolute atomic E-state index is 12.9. The van der Waals surface area contributed by atoms with E-state index in [2.05, 4.69) is 14.5 Å². The van der Waals surface area contributed by atoms with Crippen molar-refractivity contribution in [1.82, 2.24) is 4.72 Å². The summed E-state index contributed by atoms with van der Waals surface area (Å²) in [6, 6.07) is 20.0. The third-order valence-corrected chi connectivity index (χ3v) is 7.13. The Balaban J connectivity index is 1.66. The summed E-state index contributed by atoms with van der Waals surface area (Å²) in [5.74, 6) is 0. The second-order valence-electron chi connectivity index (χ2n) is 7.88. The van der Waals surface area contributed by atoms with Crippen LogP contribution in [0.3, 0.4) is 0 Å². The minimum absolute atomic E-state index is 0.165. The molecule has 0 radical (unpaired) electrons. The summed E-state index contributed by atoms with van der Waals surface area (Å²) < 4.78 is 65.8. The Morgan fingerprint density at radius 3 is 1.97 bits per heavy atom. The summed E-state index contributed by atoms with van der Waals surface area (Å²) in [6.45, 7) is 2.33. The molecular formula is C24H24F3N3O2S. The quantitative estimate of drug-likeness (QED) is 0.565. The minimum atomic E-state index is -4.37. The molecule has 0 bridgehead atoms. The van der Waals surface area contributed by atoms with Crippen molar-refractivity contribution in [3.8, 4) is 0 Å². The molecule has 1 aliphatic rings. The van der Waals surface area contributed by atoms with Gasteiger partial charge in [0.2, 0.25) is 10.0 Å². The zero-order valence-corrected chi connectivity index (χ0v) is 18.8. The summed E-state index contributed by atoms with van der Waals surface area (Å²) in [4.78, 5) is 4.36. The van der Waals surface area contributed by atoms with E-state index >= 15 is 0 Å². The van der Waals surface area contributed by atoms with E-state index in [1.165, 1.54) is 19.2 Å². The molecule has 3 aromatic rings. The van der Waals surface area contributed by atoms with E-state index in [0.29, 0.717) is 26.2 Å². The van der Waals surface area contributed by atoms with Gasteiger partial charge in [-0.05, 0) is 48.5 Å². The van der Waals surface area contributed by atoms with Crippen LogP contribution in [0.25, 0.3) is 0 Å². The Morgan fingerprint density at radius 2 is 1.39 bits per heavy atom. The van der Waals surface area contributed by atoms with Crippen LogP contribution in [0.1, 0.15) is 16.7 Å². The van der Waals surface area contributed by atoms with Crippen LogP contribution in [0.4, 0.5) is 24.5 Å². The van der Waals surface area contributed by atoms with Gasteiger partial charge in [0.05, 0.1) is 21.8 Å². The third kappa shape index (κ3) is 5.15. The lowest BCUT2D eigenvalue weighted by molar-refractivity contribution is -0.137. The molecular weight excluding hydrogens is 451 g/mol. The number of nitrogens with one attached hydrogen (secondary N) is 1. The molecule has 4 rings (SSSR count). The second-order valence-corrected chi connectivity index (χ2v) is 9.77. The van der Waals surface area contributed by atoms with Gasteiger partial charge >= 0.3 is 6.18 Å². The summed E-state index contributed by atoms with van der Waals surface area (Å²) in [7, 11) is -2.26. The molecule has 0 spiro atoms. The molecule has 0 saturated carbocycles. The highest BCUT2D eigenvalue weighted by Crippen LogP contribution is 2.37. The maximum Gasteiger partial charge on any atom is 0.416 e. The molecule has 0 atom stereocenters. The van der Waals surface area contributed by atoms with E-state index in [1.807, 2.05) is 30.3 Å². The predicted molar refractivity (Wildman–Crippen MR) is 123 cm³/mol. The first kappa shape index (κ1) is 23.1. The van der Waals surface area contributed by atoms with Crippen molar-refractivity contribution in [3.05, 3.63) is 89.5 Å². The molecule has 33 heavy (non-hydrogen) atoms. The molecule has 9 heteroatoms. The highest BCUT2D eigenvalue weighted by Gasteiger charge is 2.30. The van der Waals surface area contributed by atoms with Gasteiger partial charge in [-0.1, -0.05) is 42.5 Å². The van der Waals surface area contributed by atoms with E-state index in [9.17, 15) is 21.6 Å². The van der Waals surface area contributed by atoms with Crippen LogP contribution in [0.15, 0.2) is 77.7 Å². The van der Waals surface area contributed by atoms with E-state index < -0.39 is 21.8 Å². The van der Waals surface area contributed by atoms with E-state index in [4.69, 9.17) is 0 Å². The van der Waals surface area contributed by atoms with Gasteiger partial charge in [-0.15, -0.1) is 0 Å². The van der Waals surface area contributed by atoms with Crippen molar-refractivity contribution in [3.63, 3.8) is 0 Å². The highest BCUT2D eigenvalue weighted by atomic mass is 32.2. The standard InChI is InChI=1S/C24H24F3N3O2S/c1-28-33(31,32)21-11-12-22-23(15-21)30(16-18-5-3-2-4-6-18)14-13-29(22)17-19-7-9-20(10-8-19)24(25,26)27/h2-12,15,28H,13-14,16-17H2,1H3. The number of halogens is 3. The normalized spacial score (nSPS) is 14.3. The van der Waals surface area contributed by atoms with Gasteiger partial charge in [-0.3, -0.25) is 0 Å². The van der Waals surface area contributed by atoms with Crippen molar-refractivity contribution in [1.29, 1.82) is 0 Å². The molecule has 0 fully saturated rings. The van der Waals surface area contributed by atoms with Gasteiger partial charge in [0, 0.05) is 26.2 Å². The highest BCUT2D eigenvalue weighted by molar-refractivity contribution is 7.89. The molecule has 0 amide bonds. The van der Waals surface area contributed by atoms with Crippen LogP contribution < -0.4 is 14.5 Å². The van der Waals surface area contributed by atoms with E-state index in [1.54, 1.807) is 18.2 Å². The Hall–Kier alpha value is -3.04. The van der Waals surface area contributed by atoms with Crippen LogP contribution in [-0.2, 0) is 29.3 Å². The molecule has 0 unspecified atom stereocenters. The van der Waals surface area contributed by atoms with Crippen molar-refractivity contribution < 1.29 is 21.6 Å². The Labute approximate surface area is 191 Å². The molecule has 3 aromatic carbocycles. The Morgan fingerprint density at radius 1 is 0.818 bits per heavy atom. The zero-order valence-electron chi connectivity index (χ0n) is 18.0. The molecule has 1 aliphatic heterocycles. The fourth-order valence-electron chi connectivity index (χ4n) is 3.94. The molecule has 0 aromatic heterocycles. The summed E-state index contributed by atoms with van der Waals surface area (Å²) in [5.41, 5.74) is 2.78. The van der Waals surface area contributed by atoms with Crippen molar-refractivity contribution in [2.24, 2.45) is 0 Å². The van der Waals surface area contributed by atoms with Crippen LogP contribution >= 0.6 is 0 Å². The largest absolute Gasteiger partial charge is 0.416 e. The van der Waals surface area contributed by atoms with Crippen molar-refractivity contribution in [2.45, 2.75) is 24.2 Å². The lowest BCUT2D eigenvalue weighted by Crippen LogP contribution is -2.40. The molecule has 1 heterocycles. The molecule has 0 saturated heterocycles. The maximum atomic E-state index is 12.9. The summed E-state index contributed by atoms with van der Waals surface area (Å²) in [6.07, 6.45) is -4.37. The van der Waals surface area contributed by atoms with Gasteiger partial charge in [-0.2, -0.15) is 13.2 Å².